The molecule has 1 spiro atoms. The second-order valence-corrected chi connectivity index (χ2v) is 6.83. The SMILES string of the molecule is CC(C)CN1C(=O)c2ccccc2NC12C(=O)Nc1cc(F)ccc12. The third kappa shape index (κ3) is 2.13. The standard InChI is InChI=1S/C19H18FN3O2/c1-11(2)10-23-17(24)13-5-3-4-6-15(13)22-19(23)14-8-7-12(20)9-16(14)21-18(19)25/h3-9,11,22H,10H2,1-2H3,(H,21,25). The minimum atomic E-state index is -1.36. The molecule has 0 saturated carbocycles. The van der Waals surface area contributed by atoms with Crippen LogP contribution in [0.1, 0.15) is 29.8 Å². The topological polar surface area (TPSA) is 61.4 Å². The van der Waals surface area contributed by atoms with E-state index in [1.54, 1.807) is 29.2 Å². The first-order valence-corrected chi connectivity index (χ1v) is 8.24. The number of hydrogen-bond acceptors (Lipinski definition) is 3. The number of carbonyl (C=O) groups excluding carboxylic acids is 2. The van der Waals surface area contributed by atoms with Gasteiger partial charge in [-0.3, -0.25) is 9.59 Å². The molecule has 6 heteroatoms. The van der Waals surface area contributed by atoms with Crippen LogP contribution >= 0.6 is 0 Å². The number of halogens is 1. The summed E-state index contributed by atoms with van der Waals surface area (Å²) >= 11 is 0. The summed E-state index contributed by atoms with van der Waals surface area (Å²) in [6.07, 6.45) is 0. The van der Waals surface area contributed by atoms with E-state index in [4.69, 9.17) is 0 Å². The number of rotatable bonds is 2. The van der Waals surface area contributed by atoms with E-state index >= 15 is 0 Å². The van der Waals surface area contributed by atoms with Crippen LogP contribution in [0.25, 0.3) is 0 Å². The van der Waals surface area contributed by atoms with Gasteiger partial charge in [-0.25, -0.2) is 4.39 Å². The minimum Gasteiger partial charge on any atom is -0.350 e. The molecule has 0 bridgehead atoms. The molecule has 2 aromatic rings. The van der Waals surface area contributed by atoms with Crippen LogP contribution in [0.4, 0.5) is 15.8 Å². The zero-order valence-corrected chi connectivity index (χ0v) is 14.0. The maximum Gasteiger partial charge on any atom is 0.276 e. The van der Waals surface area contributed by atoms with Gasteiger partial charge in [0, 0.05) is 17.8 Å². The fourth-order valence-electron chi connectivity index (χ4n) is 3.59. The largest absolute Gasteiger partial charge is 0.350 e. The average Bonchev–Trinajstić information content (AvgIpc) is 2.83. The van der Waals surface area contributed by atoms with Crippen molar-refractivity contribution in [3.8, 4) is 0 Å². The Morgan fingerprint density at radius 2 is 1.88 bits per heavy atom. The number of hydrogen-bond donors (Lipinski definition) is 2. The molecule has 2 heterocycles. The van der Waals surface area contributed by atoms with Gasteiger partial charge in [0.1, 0.15) is 5.82 Å². The smallest absolute Gasteiger partial charge is 0.276 e. The van der Waals surface area contributed by atoms with Crippen molar-refractivity contribution in [1.82, 2.24) is 4.90 Å². The molecule has 1 unspecified atom stereocenters. The molecule has 128 valence electrons. The van der Waals surface area contributed by atoms with Gasteiger partial charge in [-0.15, -0.1) is 0 Å². The third-order valence-corrected chi connectivity index (χ3v) is 4.62. The van der Waals surface area contributed by atoms with Gasteiger partial charge in [0.2, 0.25) is 5.66 Å². The van der Waals surface area contributed by atoms with E-state index in [2.05, 4.69) is 10.6 Å². The number of benzene rings is 2. The molecular formula is C19H18FN3O2. The number of nitrogens with zero attached hydrogens (tertiary/aromatic N) is 1. The molecule has 0 aromatic heterocycles. The molecule has 5 nitrogen and oxygen atoms in total. The second kappa shape index (κ2) is 5.31. The first kappa shape index (κ1) is 15.6. The predicted octanol–water partition coefficient (Wildman–Crippen LogP) is 3.15. The first-order chi connectivity index (χ1) is 11.9. The molecule has 1 atom stereocenters. The van der Waals surface area contributed by atoms with Crippen LogP contribution in [0.15, 0.2) is 42.5 Å². The molecule has 2 N–H and O–H groups in total. The van der Waals surface area contributed by atoms with Crippen molar-refractivity contribution in [3.05, 3.63) is 59.4 Å². The zero-order chi connectivity index (χ0) is 17.8. The first-order valence-electron chi connectivity index (χ1n) is 8.24. The number of nitrogens with one attached hydrogen (secondary N) is 2. The van der Waals surface area contributed by atoms with Crippen molar-refractivity contribution < 1.29 is 14.0 Å². The molecule has 2 amide bonds. The third-order valence-electron chi connectivity index (χ3n) is 4.62. The quantitative estimate of drug-likeness (QED) is 0.883. The summed E-state index contributed by atoms with van der Waals surface area (Å²) in [6, 6.07) is 11.3. The molecular weight excluding hydrogens is 321 g/mol. The molecule has 2 aliphatic rings. The predicted molar refractivity (Wildman–Crippen MR) is 92.6 cm³/mol. The Bertz CT molecular complexity index is 896. The van der Waals surface area contributed by atoms with E-state index in [1.807, 2.05) is 19.9 Å². The highest BCUT2D eigenvalue weighted by Crippen LogP contribution is 2.45. The Kier molecular flexibility index (Phi) is 3.32. The number of amides is 2. The van der Waals surface area contributed by atoms with Crippen LogP contribution in [0.3, 0.4) is 0 Å². The van der Waals surface area contributed by atoms with Gasteiger partial charge in [-0.05, 0) is 36.2 Å². The molecule has 0 saturated heterocycles. The molecule has 2 aliphatic heterocycles. The van der Waals surface area contributed by atoms with Crippen molar-refractivity contribution in [3.63, 3.8) is 0 Å². The van der Waals surface area contributed by atoms with Crippen LogP contribution in [0.2, 0.25) is 0 Å². The van der Waals surface area contributed by atoms with Crippen LogP contribution in [-0.2, 0) is 10.5 Å². The lowest BCUT2D eigenvalue weighted by atomic mass is 9.92. The van der Waals surface area contributed by atoms with Crippen molar-refractivity contribution >= 4 is 23.2 Å². The Morgan fingerprint density at radius 1 is 1.12 bits per heavy atom. The molecule has 2 aromatic carbocycles. The van der Waals surface area contributed by atoms with Crippen molar-refractivity contribution in [2.75, 3.05) is 17.2 Å². The summed E-state index contributed by atoms with van der Waals surface area (Å²) in [5.41, 5.74) is 0.705. The summed E-state index contributed by atoms with van der Waals surface area (Å²) < 4.78 is 13.6. The monoisotopic (exact) mass is 339 g/mol. The van der Waals surface area contributed by atoms with Gasteiger partial charge in [0.05, 0.1) is 11.3 Å². The summed E-state index contributed by atoms with van der Waals surface area (Å²) in [5, 5.41) is 5.97. The fraction of sp³-hybridized carbons (Fsp3) is 0.263. The van der Waals surface area contributed by atoms with E-state index in [0.717, 1.165) is 0 Å². The number of para-hydroxylation sites is 1. The maximum absolute atomic E-state index is 13.6. The van der Waals surface area contributed by atoms with Gasteiger partial charge < -0.3 is 15.5 Å². The highest BCUT2D eigenvalue weighted by Gasteiger charge is 2.56. The lowest BCUT2D eigenvalue weighted by Crippen LogP contribution is -2.62. The highest BCUT2D eigenvalue weighted by atomic mass is 19.1. The van der Waals surface area contributed by atoms with Crippen molar-refractivity contribution in [2.24, 2.45) is 5.92 Å². The van der Waals surface area contributed by atoms with Gasteiger partial charge in [-0.1, -0.05) is 26.0 Å². The van der Waals surface area contributed by atoms with Crippen LogP contribution < -0.4 is 10.6 Å². The lowest BCUT2D eigenvalue weighted by Gasteiger charge is -2.45. The Morgan fingerprint density at radius 3 is 2.64 bits per heavy atom. The minimum absolute atomic E-state index is 0.158. The molecule has 25 heavy (non-hydrogen) atoms. The van der Waals surface area contributed by atoms with Gasteiger partial charge >= 0.3 is 0 Å². The molecule has 0 fully saturated rings. The van der Waals surface area contributed by atoms with E-state index in [1.165, 1.54) is 12.1 Å². The summed E-state index contributed by atoms with van der Waals surface area (Å²) in [7, 11) is 0. The zero-order valence-electron chi connectivity index (χ0n) is 14.0. The van der Waals surface area contributed by atoms with E-state index in [0.29, 0.717) is 29.0 Å². The van der Waals surface area contributed by atoms with Crippen molar-refractivity contribution in [1.29, 1.82) is 0 Å². The van der Waals surface area contributed by atoms with Gasteiger partial charge in [0.15, 0.2) is 0 Å². The summed E-state index contributed by atoms with van der Waals surface area (Å²) in [4.78, 5) is 27.7. The Hall–Kier alpha value is -2.89. The van der Waals surface area contributed by atoms with Crippen LogP contribution in [0.5, 0.6) is 0 Å². The fourth-order valence-corrected chi connectivity index (χ4v) is 3.59. The Balaban J connectivity index is 1.96. The van der Waals surface area contributed by atoms with Crippen LogP contribution in [-0.4, -0.2) is 23.3 Å². The molecule has 0 radical (unpaired) electrons. The van der Waals surface area contributed by atoms with Gasteiger partial charge in [-0.2, -0.15) is 0 Å². The lowest BCUT2D eigenvalue weighted by molar-refractivity contribution is -0.125. The normalized spacial score (nSPS) is 21.2. The summed E-state index contributed by atoms with van der Waals surface area (Å²) in [6.45, 7) is 4.37. The Labute approximate surface area is 144 Å². The molecule has 4 rings (SSSR count). The number of anilines is 2. The number of carbonyl (C=O) groups is 2. The maximum atomic E-state index is 13.6. The summed E-state index contributed by atoms with van der Waals surface area (Å²) in [5.74, 6) is -0.869. The average molecular weight is 339 g/mol. The van der Waals surface area contributed by atoms with Crippen molar-refractivity contribution in [2.45, 2.75) is 19.5 Å². The van der Waals surface area contributed by atoms with Gasteiger partial charge in [0.25, 0.3) is 11.8 Å². The van der Waals surface area contributed by atoms with E-state index in [9.17, 15) is 14.0 Å². The van der Waals surface area contributed by atoms with E-state index in [-0.39, 0.29) is 17.7 Å². The highest BCUT2D eigenvalue weighted by molar-refractivity contribution is 6.14. The van der Waals surface area contributed by atoms with E-state index < -0.39 is 11.5 Å². The number of fused-ring (bicyclic) bond motifs is 3. The second-order valence-electron chi connectivity index (χ2n) is 6.83. The van der Waals surface area contributed by atoms with Crippen LogP contribution in [0, 0.1) is 11.7 Å². The molecule has 0 aliphatic carbocycles.